The molecule has 1 nitrogen and oxygen atoms in total. The second-order valence-corrected chi connectivity index (χ2v) is 4.46. The zero-order valence-corrected chi connectivity index (χ0v) is 10.8. The maximum Gasteiger partial charge on any atom is 0.159 e. The van der Waals surface area contributed by atoms with Gasteiger partial charge >= 0.3 is 0 Å². The molecule has 0 N–H and O–H groups in total. The summed E-state index contributed by atoms with van der Waals surface area (Å²) in [5.41, 5.74) is 0.564. The summed E-state index contributed by atoms with van der Waals surface area (Å²) >= 11 is 6.20. The normalized spacial score (nSPS) is 12.4. The number of benzene rings is 1. The lowest BCUT2D eigenvalue weighted by Gasteiger charge is -2.22. The van der Waals surface area contributed by atoms with Crippen LogP contribution in [0, 0.1) is 11.6 Å². The standard InChI is InChI=1S/C14H16ClF2N/c1-3-7-18(8-4-2)10-12(15)11-5-6-13(16)14(17)9-11/h3-6,9,12H,1-2,7-8,10H2. The van der Waals surface area contributed by atoms with Crippen LogP contribution in [0.2, 0.25) is 0 Å². The Kier molecular flexibility index (Phi) is 6.02. The van der Waals surface area contributed by atoms with E-state index in [9.17, 15) is 8.78 Å². The van der Waals surface area contributed by atoms with Gasteiger partial charge < -0.3 is 0 Å². The summed E-state index contributed by atoms with van der Waals surface area (Å²) in [5, 5.41) is -0.403. The van der Waals surface area contributed by atoms with Gasteiger partial charge in [-0.15, -0.1) is 24.8 Å². The van der Waals surface area contributed by atoms with Crippen molar-refractivity contribution in [1.82, 2.24) is 4.90 Å². The van der Waals surface area contributed by atoms with Crippen LogP contribution in [0.15, 0.2) is 43.5 Å². The van der Waals surface area contributed by atoms with Gasteiger partial charge in [0.25, 0.3) is 0 Å². The van der Waals surface area contributed by atoms with E-state index in [0.717, 1.165) is 12.1 Å². The van der Waals surface area contributed by atoms with Gasteiger partial charge in [0.05, 0.1) is 5.38 Å². The Bertz CT molecular complexity index is 410. The molecule has 0 saturated heterocycles. The summed E-state index contributed by atoms with van der Waals surface area (Å²) in [5.74, 6) is -1.74. The maximum absolute atomic E-state index is 13.1. The first-order valence-corrected chi connectivity index (χ1v) is 6.05. The highest BCUT2D eigenvalue weighted by molar-refractivity contribution is 6.21. The highest BCUT2D eigenvalue weighted by atomic mass is 35.5. The molecule has 0 heterocycles. The van der Waals surface area contributed by atoms with E-state index in [1.807, 2.05) is 4.90 Å². The largest absolute Gasteiger partial charge is 0.294 e. The quantitative estimate of drug-likeness (QED) is 0.537. The molecule has 0 spiro atoms. The Labute approximate surface area is 111 Å². The molecule has 0 amide bonds. The molecule has 1 unspecified atom stereocenters. The predicted molar refractivity (Wildman–Crippen MR) is 71.8 cm³/mol. The Morgan fingerprint density at radius 1 is 1.17 bits per heavy atom. The van der Waals surface area contributed by atoms with Gasteiger partial charge in [-0.05, 0) is 17.7 Å². The number of alkyl halides is 1. The minimum Gasteiger partial charge on any atom is -0.294 e. The van der Waals surface area contributed by atoms with Crippen molar-refractivity contribution in [3.8, 4) is 0 Å². The molecule has 0 aliphatic carbocycles. The Hall–Kier alpha value is -1.19. The molecule has 98 valence electrons. The van der Waals surface area contributed by atoms with Gasteiger partial charge in [-0.25, -0.2) is 8.78 Å². The molecule has 1 aromatic rings. The SMILES string of the molecule is C=CCN(CC=C)CC(Cl)c1ccc(F)c(F)c1. The Morgan fingerprint density at radius 2 is 1.78 bits per heavy atom. The minimum absolute atomic E-state index is 0.403. The summed E-state index contributed by atoms with van der Waals surface area (Å²) in [6.45, 7) is 9.17. The monoisotopic (exact) mass is 271 g/mol. The molecule has 1 atom stereocenters. The van der Waals surface area contributed by atoms with E-state index in [2.05, 4.69) is 13.2 Å². The molecule has 0 radical (unpaired) electrons. The van der Waals surface area contributed by atoms with Crippen molar-refractivity contribution in [2.45, 2.75) is 5.38 Å². The van der Waals surface area contributed by atoms with Crippen molar-refractivity contribution in [3.05, 3.63) is 60.7 Å². The predicted octanol–water partition coefficient (Wildman–Crippen LogP) is 3.92. The lowest BCUT2D eigenvalue weighted by molar-refractivity contribution is 0.335. The molecule has 0 aromatic heterocycles. The summed E-state index contributed by atoms with van der Waals surface area (Å²) in [4.78, 5) is 2.01. The van der Waals surface area contributed by atoms with Crippen molar-refractivity contribution in [2.75, 3.05) is 19.6 Å². The number of nitrogens with zero attached hydrogens (tertiary/aromatic N) is 1. The lowest BCUT2D eigenvalue weighted by Crippen LogP contribution is -2.27. The molecule has 1 aromatic carbocycles. The van der Waals surface area contributed by atoms with Gasteiger partial charge in [-0.3, -0.25) is 4.90 Å². The molecule has 18 heavy (non-hydrogen) atoms. The van der Waals surface area contributed by atoms with E-state index >= 15 is 0 Å². The average molecular weight is 272 g/mol. The number of rotatable bonds is 7. The topological polar surface area (TPSA) is 3.24 Å². The zero-order chi connectivity index (χ0) is 13.5. The van der Waals surface area contributed by atoms with E-state index in [4.69, 9.17) is 11.6 Å². The van der Waals surface area contributed by atoms with E-state index in [-0.39, 0.29) is 0 Å². The molecule has 0 saturated carbocycles. The second-order valence-electron chi connectivity index (χ2n) is 3.94. The molecule has 0 bridgehead atoms. The highest BCUT2D eigenvalue weighted by Crippen LogP contribution is 2.23. The Balaban J connectivity index is 2.72. The molecule has 0 aliphatic heterocycles. The van der Waals surface area contributed by atoms with Gasteiger partial charge in [0.2, 0.25) is 0 Å². The van der Waals surface area contributed by atoms with E-state index in [1.165, 1.54) is 6.07 Å². The fourth-order valence-electron chi connectivity index (χ4n) is 1.63. The van der Waals surface area contributed by atoms with Gasteiger partial charge in [0.15, 0.2) is 11.6 Å². The smallest absolute Gasteiger partial charge is 0.159 e. The van der Waals surface area contributed by atoms with Crippen molar-refractivity contribution in [2.24, 2.45) is 0 Å². The van der Waals surface area contributed by atoms with Crippen LogP contribution in [-0.4, -0.2) is 24.5 Å². The lowest BCUT2D eigenvalue weighted by atomic mass is 10.1. The molecule has 4 heteroatoms. The van der Waals surface area contributed by atoms with Crippen LogP contribution in [-0.2, 0) is 0 Å². The number of hydrogen-bond acceptors (Lipinski definition) is 1. The summed E-state index contributed by atoms with van der Waals surface area (Å²) in [6, 6.07) is 3.72. The van der Waals surface area contributed by atoms with Crippen molar-refractivity contribution in [1.29, 1.82) is 0 Å². The average Bonchev–Trinajstić information content (AvgIpc) is 2.33. The first-order valence-electron chi connectivity index (χ1n) is 5.61. The van der Waals surface area contributed by atoms with Gasteiger partial charge in [0, 0.05) is 19.6 Å². The molecule has 0 aliphatic rings. The van der Waals surface area contributed by atoms with Crippen LogP contribution in [0.3, 0.4) is 0 Å². The summed E-state index contributed by atoms with van der Waals surface area (Å²) < 4.78 is 25.9. The molecule has 1 rings (SSSR count). The van der Waals surface area contributed by atoms with Crippen LogP contribution >= 0.6 is 11.6 Å². The first kappa shape index (κ1) is 14.9. The minimum atomic E-state index is -0.878. The summed E-state index contributed by atoms with van der Waals surface area (Å²) in [6.07, 6.45) is 3.52. The molecule has 0 fully saturated rings. The fraction of sp³-hybridized carbons (Fsp3) is 0.286. The van der Waals surface area contributed by atoms with Crippen molar-refractivity contribution in [3.63, 3.8) is 0 Å². The van der Waals surface area contributed by atoms with E-state index in [0.29, 0.717) is 25.2 Å². The van der Waals surface area contributed by atoms with Crippen molar-refractivity contribution < 1.29 is 8.78 Å². The second kappa shape index (κ2) is 7.29. The van der Waals surface area contributed by atoms with E-state index in [1.54, 1.807) is 12.2 Å². The Morgan fingerprint density at radius 3 is 2.28 bits per heavy atom. The third-order valence-corrected chi connectivity index (χ3v) is 2.89. The molecular weight excluding hydrogens is 256 g/mol. The zero-order valence-electron chi connectivity index (χ0n) is 10.1. The third-order valence-electron chi connectivity index (χ3n) is 2.50. The number of halogens is 3. The van der Waals surface area contributed by atoms with Gasteiger partial charge in [0.1, 0.15) is 0 Å². The van der Waals surface area contributed by atoms with Gasteiger partial charge in [-0.2, -0.15) is 0 Å². The molecular formula is C14H16ClF2N. The third kappa shape index (κ3) is 4.24. The van der Waals surface area contributed by atoms with Crippen molar-refractivity contribution >= 4 is 11.6 Å². The first-order chi connectivity index (χ1) is 8.58. The van der Waals surface area contributed by atoms with Crippen LogP contribution in [0.5, 0.6) is 0 Å². The number of hydrogen-bond donors (Lipinski definition) is 0. The summed E-state index contributed by atoms with van der Waals surface area (Å²) in [7, 11) is 0. The van der Waals surface area contributed by atoms with Crippen LogP contribution in [0.25, 0.3) is 0 Å². The highest BCUT2D eigenvalue weighted by Gasteiger charge is 2.14. The van der Waals surface area contributed by atoms with Crippen LogP contribution < -0.4 is 0 Å². The maximum atomic E-state index is 13.1. The fourth-order valence-corrected chi connectivity index (χ4v) is 1.96. The van der Waals surface area contributed by atoms with Gasteiger partial charge in [-0.1, -0.05) is 18.2 Å². The van der Waals surface area contributed by atoms with Crippen LogP contribution in [0.1, 0.15) is 10.9 Å². The van der Waals surface area contributed by atoms with Crippen LogP contribution in [0.4, 0.5) is 8.78 Å². The van der Waals surface area contributed by atoms with E-state index < -0.39 is 17.0 Å².